The summed E-state index contributed by atoms with van der Waals surface area (Å²) in [6, 6.07) is 7.69. The fraction of sp³-hybridized carbons (Fsp3) is 0.176. The van der Waals surface area contributed by atoms with E-state index in [1.165, 1.54) is 0 Å². The number of dihydropyridines is 1. The third-order valence-electron chi connectivity index (χ3n) is 4.22. The van der Waals surface area contributed by atoms with E-state index in [1.54, 1.807) is 20.0 Å². The van der Waals surface area contributed by atoms with Gasteiger partial charge in [0.25, 0.3) is 0 Å². The molecule has 0 spiro atoms. The predicted octanol–water partition coefficient (Wildman–Crippen LogP) is 1.37. The van der Waals surface area contributed by atoms with E-state index in [9.17, 15) is 9.59 Å². The molecule has 0 bridgehead atoms. The van der Waals surface area contributed by atoms with Crippen LogP contribution in [0.5, 0.6) is 0 Å². The van der Waals surface area contributed by atoms with E-state index in [4.69, 9.17) is 11.5 Å². The van der Waals surface area contributed by atoms with Gasteiger partial charge in [-0.05, 0) is 25.5 Å². The molecule has 1 aliphatic rings. The van der Waals surface area contributed by atoms with Crippen LogP contribution < -0.4 is 16.8 Å². The Labute approximate surface area is 133 Å². The Morgan fingerprint density at radius 2 is 1.57 bits per heavy atom. The van der Waals surface area contributed by atoms with E-state index in [1.807, 2.05) is 24.3 Å². The van der Waals surface area contributed by atoms with Crippen LogP contribution in [0, 0.1) is 0 Å². The number of nitrogens with one attached hydrogen (secondary N) is 2. The van der Waals surface area contributed by atoms with Gasteiger partial charge in [-0.25, -0.2) is 0 Å². The highest BCUT2D eigenvalue weighted by molar-refractivity contribution is 6.04. The first-order chi connectivity index (χ1) is 10.9. The molecular formula is C17H18N4O2. The number of rotatable bonds is 3. The minimum absolute atomic E-state index is 0.356. The summed E-state index contributed by atoms with van der Waals surface area (Å²) in [6.45, 7) is 3.53. The number of aromatic nitrogens is 1. The van der Waals surface area contributed by atoms with Crippen molar-refractivity contribution in [1.29, 1.82) is 0 Å². The molecular weight excluding hydrogens is 292 g/mol. The van der Waals surface area contributed by atoms with Crippen LogP contribution in [-0.2, 0) is 9.59 Å². The van der Waals surface area contributed by atoms with Gasteiger partial charge in [0.1, 0.15) is 0 Å². The summed E-state index contributed by atoms with van der Waals surface area (Å²) in [7, 11) is 0. The Balaban J connectivity index is 2.31. The second kappa shape index (κ2) is 5.31. The van der Waals surface area contributed by atoms with Gasteiger partial charge in [0, 0.05) is 39.6 Å². The van der Waals surface area contributed by atoms with E-state index in [0.29, 0.717) is 22.5 Å². The van der Waals surface area contributed by atoms with E-state index >= 15 is 0 Å². The number of fused-ring (bicyclic) bond motifs is 1. The predicted molar refractivity (Wildman–Crippen MR) is 88.0 cm³/mol. The lowest BCUT2D eigenvalue weighted by atomic mass is 9.80. The quantitative estimate of drug-likeness (QED) is 0.686. The van der Waals surface area contributed by atoms with Crippen LogP contribution in [0.2, 0.25) is 0 Å². The minimum atomic E-state index is -0.581. The third kappa shape index (κ3) is 2.28. The van der Waals surface area contributed by atoms with Gasteiger partial charge in [-0.3, -0.25) is 9.59 Å². The molecule has 2 aromatic rings. The number of carbonyl (C=O) groups is 2. The molecule has 0 atom stereocenters. The van der Waals surface area contributed by atoms with Crippen LogP contribution in [0.4, 0.5) is 0 Å². The zero-order valence-electron chi connectivity index (χ0n) is 12.9. The molecule has 6 N–H and O–H groups in total. The molecule has 2 heterocycles. The third-order valence-corrected chi connectivity index (χ3v) is 4.22. The number of carbonyl (C=O) groups excluding carboxylic acids is 2. The summed E-state index contributed by atoms with van der Waals surface area (Å²) in [5, 5.41) is 3.96. The fourth-order valence-electron chi connectivity index (χ4n) is 3.29. The number of aromatic amines is 1. The van der Waals surface area contributed by atoms with Crippen LogP contribution >= 0.6 is 0 Å². The van der Waals surface area contributed by atoms with Gasteiger partial charge in [0.2, 0.25) is 11.8 Å². The van der Waals surface area contributed by atoms with Crippen LogP contribution in [-0.4, -0.2) is 16.8 Å². The Kier molecular flexibility index (Phi) is 3.44. The lowest BCUT2D eigenvalue weighted by Gasteiger charge is -2.29. The van der Waals surface area contributed by atoms with Crippen molar-refractivity contribution in [3.63, 3.8) is 0 Å². The molecule has 0 radical (unpaired) electrons. The van der Waals surface area contributed by atoms with Crippen LogP contribution in [0.3, 0.4) is 0 Å². The van der Waals surface area contributed by atoms with Gasteiger partial charge in [-0.1, -0.05) is 18.2 Å². The molecule has 118 valence electrons. The van der Waals surface area contributed by atoms with Crippen LogP contribution in [0.15, 0.2) is 53.0 Å². The molecule has 23 heavy (non-hydrogen) atoms. The lowest BCUT2D eigenvalue weighted by molar-refractivity contribution is -0.115. The smallest absolute Gasteiger partial charge is 0.247 e. The average Bonchev–Trinajstić information content (AvgIpc) is 2.89. The van der Waals surface area contributed by atoms with E-state index in [2.05, 4.69) is 10.3 Å². The van der Waals surface area contributed by atoms with Crippen LogP contribution in [0.25, 0.3) is 10.9 Å². The molecule has 0 unspecified atom stereocenters. The number of allylic oxidation sites excluding steroid dienone is 2. The maximum Gasteiger partial charge on any atom is 0.247 e. The molecule has 2 amide bonds. The highest BCUT2D eigenvalue weighted by Crippen LogP contribution is 2.40. The van der Waals surface area contributed by atoms with E-state index in [0.717, 1.165) is 16.5 Å². The molecule has 1 aliphatic heterocycles. The first-order valence-corrected chi connectivity index (χ1v) is 7.26. The number of primary amides is 2. The first kappa shape index (κ1) is 14.9. The Hall–Kier alpha value is -3.02. The summed E-state index contributed by atoms with van der Waals surface area (Å²) in [4.78, 5) is 27.2. The maximum absolute atomic E-state index is 12.0. The second-order valence-electron chi connectivity index (χ2n) is 5.65. The SMILES string of the molecule is CC1=C(C(N)=O)C(c2c[nH]c3ccccc23)C(C(N)=O)=C(C)N1. The largest absolute Gasteiger partial charge is 0.366 e. The molecule has 0 saturated heterocycles. The molecule has 1 aromatic carbocycles. The molecule has 6 heteroatoms. The number of H-pyrrole nitrogens is 1. The zero-order chi connectivity index (χ0) is 16.7. The molecule has 3 rings (SSSR count). The highest BCUT2D eigenvalue weighted by atomic mass is 16.1. The van der Waals surface area contributed by atoms with Gasteiger partial charge in [-0.2, -0.15) is 0 Å². The molecule has 6 nitrogen and oxygen atoms in total. The van der Waals surface area contributed by atoms with Crippen molar-refractivity contribution in [2.75, 3.05) is 0 Å². The van der Waals surface area contributed by atoms with Crippen molar-refractivity contribution >= 4 is 22.7 Å². The standard InChI is InChI=1S/C17H18N4O2/c1-8-13(16(18)22)15(14(17(19)23)9(2)21-8)11-7-20-12-6-4-3-5-10(11)12/h3-7,15,20-21H,1-2H3,(H2,18,22)(H2,19,23). The maximum atomic E-state index is 12.0. The number of hydrogen-bond acceptors (Lipinski definition) is 3. The number of hydrogen-bond donors (Lipinski definition) is 4. The van der Waals surface area contributed by atoms with Crippen molar-refractivity contribution < 1.29 is 9.59 Å². The zero-order valence-corrected chi connectivity index (χ0v) is 12.9. The summed E-state index contributed by atoms with van der Waals surface area (Å²) in [6.07, 6.45) is 1.80. The van der Waals surface area contributed by atoms with Crippen molar-refractivity contribution in [3.8, 4) is 0 Å². The topological polar surface area (TPSA) is 114 Å². The minimum Gasteiger partial charge on any atom is -0.366 e. The van der Waals surface area contributed by atoms with Crippen LogP contribution in [0.1, 0.15) is 25.3 Å². The lowest BCUT2D eigenvalue weighted by Crippen LogP contribution is -2.35. The average molecular weight is 310 g/mol. The highest BCUT2D eigenvalue weighted by Gasteiger charge is 2.35. The molecule has 0 saturated carbocycles. The van der Waals surface area contributed by atoms with Gasteiger partial charge < -0.3 is 21.8 Å². The number of para-hydroxylation sites is 1. The molecule has 0 fully saturated rings. The van der Waals surface area contributed by atoms with E-state index in [-0.39, 0.29) is 0 Å². The summed E-state index contributed by atoms with van der Waals surface area (Å²) in [5.41, 5.74) is 14.9. The summed E-state index contributed by atoms with van der Waals surface area (Å²) >= 11 is 0. The van der Waals surface area contributed by atoms with Gasteiger partial charge in [0.05, 0.1) is 5.92 Å². The Morgan fingerprint density at radius 3 is 2.13 bits per heavy atom. The number of nitrogens with two attached hydrogens (primary N) is 2. The normalized spacial score (nSPS) is 15.9. The second-order valence-corrected chi connectivity index (χ2v) is 5.65. The summed E-state index contributed by atoms with van der Waals surface area (Å²) in [5.74, 6) is -1.73. The Bertz CT molecular complexity index is 853. The van der Waals surface area contributed by atoms with Crippen molar-refractivity contribution in [2.45, 2.75) is 19.8 Å². The Morgan fingerprint density at radius 1 is 1.00 bits per heavy atom. The fourth-order valence-corrected chi connectivity index (χ4v) is 3.29. The number of benzene rings is 1. The first-order valence-electron chi connectivity index (χ1n) is 7.26. The van der Waals surface area contributed by atoms with Crippen molar-refractivity contribution in [1.82, 2.24) is 10.3 Å². The summed E-state index contributed by atoms with van der Waals surface area (Å²) < 4.78 is 0. The van der Waals surface area contributed by atoms with Crippen molar-refractivity contribution in [2.24, 2.45) is 11.5 Å². The number of amides is 2. The van der Waals surface area contributed by atoms with Gasteiger partial charge >= 0.3 is 0 Å². The van der Waals surface area contributed by atoms with Crippen molar-refractivity contribution in [3.05, 3.63) is 58.6 Å². The monoisotopic (exact) mass is 310 g/mol. The molecule has 0 aliphatic carbocycles. The van der Waals surface area contributed by atoms with E-state index < -0.39 is 17.7 Å². The molecule has 1 aromatic heterocycles. The van der Waals surface area contributed by atoms with Gasteiger partial charge in [-0.15, -0.1) is 0 Å². The van der Waals surface area contributed by atoms with Gasteiger partial charge in [0.15, 0.2) is 0 Å².